The number of nitrogens with two attached hydrogens (primary N) is 1. The van der Waals surface area contributed by atoms with Gasteiger partial charge in [-0.3, -0.25) is 4.79 Å². The standard InChI is InChI=1S/C12H12N2O/c13-10-4-1-3-9(7-10)8-12(15)11-5-2-6-14-11/h1-7,14H,8,13H2. The molecule has 3 N–H and O–H groups in total. The molecule has 1 aromatic carbocycles. The third-order valence-corrected chi connectivity index (χ3v) is 2.21. The van der Waals surface area contributed by atoms with Gasteiger partial charge in [0.05, 0.1) is 5.69 Å². The maximum atomic E-state index is 11.7. The molecule has 1 heterocycles. The largest absolute Gasteiger partial charge is 0.399 e. The highest BCUT2D eigenvalue weighted by atomic mass is 16.1. The average Bonchev–Trinajstić information content (AvgIpc) is 2.70. The zero-order valence-electron chi connectivity index (χ0n) is 8.23. The fourth-order valence-electron chi connectivity index (χ4n) is 1.49. The van der Waals surface area contributed by atoms with Crippen LogP contribution in [0.4, 0.5) is 5.69 Å². The smallest absolute Gasteiger partial charge is 0.183 e. The van der Waals surface area contributed by atoms with Crippen LogP contribution >= 0.6 is 0 Å². The number of hydrogen-bond acceptors (Lipinski definition) is 2. The Morgan fingerprint density at radius 3 is 2.80 bits per heavy atom. The number of rotatable bonds is 3. The van der Waals surface area contributed by atoms with Crippen LogP contribution in [0.3, 0.4) is 0 Å². The Morgan fingerprint density at radius 1 is 1.27 bits per heavy atom. The van der Waals surface area contributed by atoms with Gasteiger partial charge in [0.25, 0.3) is 0 Å². The maximum Gasteiger partial charge on any atom is 0.183 e. The molecule has 15 heavy (non-hydrogen) atoms. The van der Waals surface area contributed by atoms with Crippen molar-refractivity contribution in [2.24, 2.45) is 0 Å². The number of H-pyrrole nitrogens is 1. The van der Waals surface area contributed by atoms with Gasteiger partial charge in [0, 0.05) is 18.3 Å². The van der Waals surface area contributed by atoms with Crippen LogP contribution in [-0.4, -0.2) is 10.8 Å². The zero-order valence-corrected chi connectivity index (χ0v) is 8.23. The first kappa shape index (κ1) is 9.52. The van der Waals surface area contributed by atoms with E-state index >= 15 is 0 Å². The third-order valence-electron chi connectivity index (χ3n) is 2.21. The van der Waals surface area contributed by atoms with Crippen LogP contribution in [0.25, 0.3) is 0 Å². The summed E-state index contributed by atoms with van der Waals surface area (Å²) in [7, 11) is 0. The Labute approximate surface area is 87.9 Å². The van der Waals surface area contributed by atoms with E-state index in [-0.39, 0.29) is 5.78 Å². The molecule has 2 aromatic rings. The van der Waals surface area contributed by atoms with Crippen molar-refractivity contribution >= 4 is 11.5 Å². The minimum absolute atomic E-state index is 0.0746. The van der Waals surface area contributed by atoms with E-state index < -0.39 is 0 Å². The van der Waals surface area contributed by atoms with E-state index in [0.29, 0.717) is 17.8 Å². The van der Waals surface area contributed by atoms with Gasteiger partial charge in [-0.05, 0) is 29.8 Å². The van der Waals surface area contributed by atoms with Crippen LogP contribution in [0.15, 0.2) is 42.6 Å². The van der Waals surface area contributed by atoms with Crippen LogP contribution < -0.4 is 5.73 Å². The summed E-state index contributed by atoms with van der Waals surface area (Å²) in [6, 6.07) is 11.0. The number of aromatic nitrogens is 1. The van der Waals surface area contributed by atoms with E-state index in [1.165, 1.54) is 0 Å². The Bertz CT molecular complexity index is 460. The number of hydrogen-bond donors (Lipinski definition) is 2. The van der Waals surface area contributed by atoms with Gasteiger partial charge in [0.15, 0.2) is 5.78 Å². The number of ketones is 1. The second-order valence-corrected chi connectivity index (χ2v) is 3.43. The molecule has 0 radical (unpaired) electrons. The van der Waals surface area contributed by atoms with E-state index in [4.69, 9.17) is 5.73 Å². The predicted octanol–water partition coefficient (Wildman–Crippen LogP) is 2.02. The van der Waals surface area contributed by atoms with Crippen molar-refractivity contribution < 1.29 is 4.79 Å². The van der Waals surface area contributed by atoms with Gasteiger partial charge in [-0.15, -0.1) is 0 Å². The minimum atomic E-state index is 0.0746. The molecule has 0 atom stereocenters. The molecule has 0 saturated carbocycles. The maximum absolute atomic E-state index is 11.7. The number of nitrogen functional groups attached to an aromatic ring is 1. The molecule has 2 rings (SSSR count). The van der Waals surface area contributed by atoms with E-state index in [9.17, 15) is 4.79 Å². The molecule has 3 nitrogen and oxygen atoms in total. The molecular weight excluding hydrogens is 188 g/mol. The summed E-state index contributed by atoms with van der Waals surface area (Å²) in [6.07, 6.45) is 2.12. The number of carbonyl (C=O) groups is 1. The minimum Gasteiger partial charge on any atom is -0.399 e. The summed E-state index contributed by atoms with van der Waals surface area (Å²) in [5, 5.41) is 0. The number of aromatic amines is 1. The lowest BCUT2D eigenvalue weighted by Gasteiger charge is -2.00. The number of Topliss-reactive ketones (excluding diaryl/α,β-unsaturated/α-hetero) is 1. The van der Waals surface area contributed by atoms with Crippen LogP contribution in [-0.2, 0) is 6.42 Å². The van der Waals surface area contributed by atoms with Crippen molar-refractivity contribution in [2.75, 3.05) is 5.73 Å². The van der Waals surface area contributed by atoms with Crippen molar-refractivity contribution in [3.63, 3.8) is 0 Å². The highest BCUT2D eigenvalue weighted by Crippen LogP contribution is 2.09. The highest BCUT2D eigenvalue weighted by Gasteiger charge is 2.07. The lowest BCUT2D eigenvalue weighted by Crippen LogP contribution is -2.04. The summed E-state index contributed by atoms with van der Waals surface area (Å²) < 4.78 is 0. The lowest BCUT2D eigenvalue weighted by atomic mass is 10.1. The molecular formula is C12H12N2O. The first-order chi connectivity index (χ1) is 7.25. The fourth-order valence-corrected chi connectivity index (χ4v) is 1.49. The quantitative estimate of drug-likeness (QED) is 0.588. The average molecular weight is 200 g/mol. The molecule has 0 unspecified atom stereocenters. The first-order valence-electron chi connectivity index (χ1n) is 4.77. The Kier molecular flexibility index (Phi) is 2.54. The van der Waals surface area contributed by atoms with Crippen molar-refractivity contribution in [1.82, 2.24) is 4.98 Å². The number of anilines is 1. The lowest BCUT2D eigenvalue weighted by molar-refractivity contribution is 0.0989. The zero-order chi connectivity index (χ0) is 10.7. The highest BCUT2D eigenvalue weighted by molar-refractivity contribution is 5.95. The Balaban J connectivity index is 2.13. The Morgan fingerprint density at radius 2 is 2.13 bits per heavy atom. The summed E-state index contributed by atoms with van der Waals surface area (Å²) in [6.45, 7) is 0. The van der Waals surface area contributed by atoms with Crippen LogP contribution in [0.1, 0.15) is 16.1 Å². The molecule has 0 aliphatic rings. The third kappa shape index (κ3) is 2.26. The molecule has 0 fully saturated rings. The molecule has 1 aromatic heterocycles. The van der Waals surface area contributed by atoms with E-state index in [2.05, 4.69) is 4.98 Å². The summed E-state index contributed by atoms with van der Waals surface area (Å²) in [5.41, 5.74) is 7.90. The van der Waals surface area contributed by atoms with Gasteiger partial charge in [0.1, 0.15) is 0 Å². The van der Waals surface area contributed by atoms with E-state index in [1.54, 1.807) is 12.3 Å². The fraction of sp³-hybridized carbons (Fsp3) is 0.0833. The molecule has 0 bridgehead atoms. The van der Waals surface area contributed by atoms with Gasteiger partial charge in [-0.25, -0.2) is 0 Å². The number of carbonyl (C=O) groups excluding carboxylic acids is 1. The summed E-state index contributed by atoms with van der Waals surface area (Å²) in [4.78, 5) is 14.6. The topological polar surface area (TPSA) is 58.9 Å². The molecule has 76 valence electrons. The molecule has 0 spiro atoms. The van der Waals surface area contributed by atoms with Crippen molar-refractivity contribution in [3.8, 4) is 0 Å². The molecule has 0 aliphatic heterocycles. The Hall–Kier alpha value is -2.03. The van der Waals surface area contributed by atoms with Gasteiger partial charge in [0.2, 0.25) is 0 Å². The molecule has 0 aliphatic carbocycles. The normalized spacial score (nSPS) is 10.1. The molecule has 3 heteroatoms. The first-order valence-corrected chi connectivity index (χ1v) is 4.77. The van der Waals surface area contributed by atoms with Crippen LogP contribution in [0.2, 0.25) is 0 Å². The second-order valence-electron chi connectivity index (χ2n) is 3.43. The van der Waals surface area contributed by atoms with E-state index in [0.717, 1.165) is 5.56 Å². The SMILES string of the molecule is Nc1cccc(CC(=O)c2ccc[nH]2)c1. The molecule has 0 amide bonds. The predicted molar refractivity (Wildman–Crippen MR) is 59.7 cm³/mol. The van der Waals surface area contributed by atoms with E-state index in [1.807, 2.05) is 30.3 Å². The monoisotopic (exact) mass is 200 g/mol. The molecule has 0 saturated heterocycles. The number of benzene rings is 1. The van der Waals surface area contributed by atoms with Crippen LogP contribution in [0, 0.1) is 0 Å². The van der Waals surface area contributed by atoms with Gasteiger partial charge >= 0.3 is 0 Å². The van der Waals surface area contributed by atoms with Gasteiger partial charge < -0.3 is 10.7 Å². The van der Waals surface area contributed by atoms with Crippen LogP contribution in [0.5, 0.6) is 0 Å². The number of nitrogens with one attached hydrogen (secondary N) is 1. The van der Waals surface area contributed by atoms with Crippen molar-refractivity contribution in [3.05, 3.63) is 53.9 Å². The second kappa shape index (κ2) is 4.00. The van der Waals surface area contributed by atoms with Crippen molar-refractivity contribution in [2.45, 2.75) is 6.42 Å². The summed E-state index contributed by atoms with van der Waals surface area (Å²) in [5.74, 6) is 0.0746. The van der Waals surface area contributed by atoms with Gasteiger partial charge in [-0.1, -0.05) is 12.1 Å². The van der Waals surface area contributed by atoms with Gasteiger partial charge in [-0.2, -0.15) is 0 Å². The van der Waals surface area contributed by atoms with Crippen molar-refractivity contribution in [1.29, 1.82) is 0 Å². The summed E-state index contributed by atoms with van der Waals surface area (Å²) >= 11 is 0.